The van der Waals surface area contributed by atoms with Gasteiger partial charge in [0.25, 0.3) is 5.56 Å². The Morgan fingerprint density at radius 1 is 1.24 bits per heavy atom. The second-order valence-corrected chi connectivity index (χ2v) is 4.64. The van der Waals surface area contributed by atoms with Crippen LogP contribution < -0.4 is 10.9 Å². The molecular formula is C12H16N4O. The van der Waals surface area contributed by atoms with Crippen molar-refractivity contribution in [2.45, 2.75) is 38.1 Å². The predicted molar refractivity (Wildman–Crippen MR) is 67.2 cm³/mol. The molecule has 0 atom stereocenters. The van der Waals surface area contributed by atoms with E-state index < -0.39 is 0 Å². The monoisotopic (exact) mass is 232 g/mol. The largest absolute Gasteiger partial charge is 0.379 e. The van der Waals surface area contributed by atoms with Gasteiger partial charge in [0.1, 0.15) is 11.0 Å². The van der Waals surface area contributed by atoms with Gasteiger partial charge in [-0.1, -0.05) is 19.3 Å². The fraction of sp³-hybridized carbons (Fsp3) is 0.500. The number of nitrogens with zero attached hydrogens (tertiary/aromatic N) is 1. The third-order valence-corrected chi connectivity index (χ3v) is 3.43. The van der Waals surface area contributed by atoms with Crippen LogP contribution in [0.4, 0.5) is 5.69 Å². The van der Waals surface area contributed by atoms with E-state index in [1.807, 2.05) is 6.20 Å². The third kappa shape index (κ3) is 1.92. The van der Waals surface area contributed by atoms with Crippen LogP contribution in [0.1, 0.15) is 32.1 Å². The lowest BCUT2D eigenvalue weighted by Gasteiger charge is -2.23. The maximum absolute atomic E-state index is 11.5. The summed E-state index contributed by atoms with van der Waals surface area (Å²) < 4.78 is 0. The molecule has 0 amide bonds. The summed E-state index contributed by atoms with van der Waals surface area (Å²) in [5, 5.41) is 3.48. The van der Waals surface area contributed by atoms with Gasteiger partial charge in [0.2, 0.25) is 0 Å². The molecule has 2 aromatic heterocycles. The first-order valence-corrected chi connectivity index (χ1v) is 6.16. The first-order chi connectivity index (χ1) is 8.34. The molecule has 0 aromatic carbocycles. The molecule has 0 spiro atoms. The lowest BCUT2D eigenvalue weighted by atomic mass is 9.95. The summed E-state index contributed by atoms with van der Waals surface area (Å²) in [4.78, 5) is 21.3. The van der Waals surface area contributed by atoms with Gasteiger partial charge in [-0.25, -0.2) is 4.98 Å². The van der Waals surface area contributed by atoms with E-state index in [0.29, 0.717) is 11.6 Å². The van der Waals surface area contributed by atoms with Crippen molar-refractivity contribution in [1.29, 1.82) is 0 Å². The van der Waals surface area contributed by atoms with E-state index in [1.54, 1.807) is 0 Å². The van der Waals surface area contributed by atoms with E-state index in [0.717, 1.165) is 11.2 Å². The summed E-state index contributed by atoms with van der Waals surface area (Å²) in [6.45, 7) is 0. The van der Waals surface area contributed by atoms with Crippen LogP contribution in [0.2, 0.25) is 0 Å². The second kappa shape index (κ2) is 4.24. The zero-order valence-electron chi connectivity index (χ0n) is 9.62. The molecule has 1 aliphatic rings. The van der Waals surface area contributed by atoms with Gasteiger partial charge in [-0.05, 0) is 12.8 Å². The van der Waals surface area contributed by atoms with Crippen molar-refractivity contribution < 1.29 is 0 Å². The summed E-state index contributed by atoms with van der Waals surface area (Å²) in [6, 6.07) is 0.517. The number of anilines is 1. The number of aromatic amines is 2. The van der Waals surface area contributed by atoms with Gasteiger partial charge in [0.15, 0.2) is 0 Å². The van der Waals surface area contributed by atoms with Crippen LogP contribution in [0.15, 0.2) is 17.3 Å². The van der Waals surface area contributed by atoms with E-state index in [-0.39, 0.29) is 5.56 Å². The Hall–Kier alpha value is -1.78. The zero-order valence-corrected chi connectivity index (χ0v) is 9.62. The van der Waals surface area contributed by atoms with E-state index in [1.165, 1.54) is 38.4 Å². The van der Waals surface area contributed by atoms with Crippen LogP contribution in [0.25, 0.3) is 11.0 Å². The molecule has 5 nitrogen and oxygen atoms in total. The van der Waals surface area contributed by atoms with Gasteiger partial charge in [-0.2, -0.15) is 0 Å². The van der Waals surface area contributed by atoms with Crippen molar-refractivity contribution in [3.8, 4) is 0 Å². The molecule has 1 saturated carbocycles. The normalized spacial score (nSPS) is 17.4. The molecule has 0 bridgehead atoms. The molecule has 0 radical (unpaired) electrons. The summed E-state index contributed by atoms with van der Waals surface area (Å²) in [5.74, 6) is 0. The molecule has 1 aliphatic carbocycles. The molecule has 2 heterocycles. The van der Waals surface area contributed by atoms with Gasteiger partial charge in [-0.15, -0.1) is 0 Å². The predicted octanol–water partition coefficient (Wildman–Crippen LogP) is 2.00. The molecule has 1 fully saturated rings. The van der Waals surface area contributed by atoms with Crippen molar-refractivity contribution in [3.63, 3.8) is 0 Å². The van der Waals surface area contributed by atoms with Crippen LogP contribution in [0.5, 0.6) is 0 Å². The molecule has 2 aromatic rings. The zero-order chi connectivity index (χ0) is 11.7. The lowest BCUT2D eigenvalue weighted by Crippen LogP contribution is -2.22. The Kier molecular flexibility index (Phi) is 2.59. The Labute approximate surface area is 98.7 Å². The molecule has 0 aliphatic heterocycles. The van der Waals surface area contributed by atoms with E-state index in [9.17, 15) is 4.79 Å². The van der Waals surface area contributed by atoms with Gasteiger partial charge in [0, 0.05) is 12.2 Å². The highest BCUT2D eigenvalue weighted by Gasteiger charge is 2.15. The number of fused-ring (bicyclic) bond motifs is 1. The summed E-state index contributed by atoms with van der Waals surface area (Å²) >= 11 is 0. The number of aromatic nitrogens is 3. The number of nitrogens with one attached hydrogen (secondary N) is 3. The second-order valence-electron chi connectivity index (χ2n) is 4.64. The van der Waals surface area contributed by atoms with E-state index in [4.69, 9.17) is 0 Å². The van der Waals surface area contributed by atoms with Crippen LogP contribution in [-0.2, 0) is 0 Å². The highest BCUT2D eigenvalue weighted by molar-refractivity contribution is 5.87. The Bertz CT molecular complexity index is 565. The fourth-order valence-corrected chi connectivity index (χ4v) is 2.53. The first kappa shape index (κ1) is 10.4. The standard InChI is InChI=1S/C12H16N4O/c17-12-11-10(14-7-15-12)9(6-13-11)16-8-4-2-1-3-5-8/h6-8,13,16H,1-5H2,(H,14,15,17). The smallest absolute Gasteiger partial charge is 0.275 e. The van der Waals surface area contributed by atoms with Gasteiger partial charge >= 0.3 is 0 Å². The minimum Gasteiger partial charge on any atom is -0.379 e. The molecule has 90 valence electrons. The van der Waals surface area contributed by atoms with Crippen molar-refractivity contribution in [2.24, 2.45) is 0 Å². The molecule has 0 saturated heterocycles. The van der Waals surface area contributed by atoms with Gasteiger partial charge in [-0.3, -0.25) is 4.79 Å². The maximum atomic E-state index is 11.5. The van der Waals surface area contributed by atoms with Crippen LogP contribution in [0, 0.1) is 0 Å². The Morgan fingerprint density at radius 3 is 2.88 bits per heavy atom. The average Bonchev–Trinajstić information content (AvgIpc) is 2.76. The van der Waals surface area contributed by atoms with Crippen LogP contribution >= 0.6 is 0 Å². The summed E-state index contributed by atoms with van der Waals surface area (Å²) in [5.41, 5.74) is 2.11. The maximum Gasteiger partial charge on any atom is 0.275 e. The number of H-pyrrole nitrogens is 2. The Morgan fingerprint density at radius 2 is 2.06 bits per heavy atom. The molecule has 17 heavy (non-hydrogen) atoms. The van der Waals surface area contributed by atoms with Crippen LogP contribution in [-0.4, -0.2) is 21.0 Å². The van der Waals surface area contributed by atoms with Crippen molar-refractivity contribution in [1.82, 2.24) is 15.0 Å². The molecule has 5 heteroatoms. The summed E-state index contributed by atoms with van der Waals surface area (Å²) in [6.07, 6.45) is 9.60. The average molecular weight is 232 g/mol. The van der Waals surface area contributed by atoms with Gasteiger partial charge in [0.05, 0.1) is 12.0 Å². The molecule has 0 unspecified atom stereocenters. The molecule has 3 N–H and O–H groups in total. The molecular weight excluding hydrogens is 216 g/mol. The van der Waals surface area contributed by atoms with Gasteiger partial charge < -0.3 is 15.3 Å². The van der Waals surface area contributed by atoms with E-state index >= 15 is 0 Å². The minimum absolute atomic E-state index is 0.119. The molecule has 3 rings (SSSR count). The van der Waals surface area contributed by atoms with Crippen molar-refractivity contribution in [3.05, 3.63) is 22.9 Å². The van der Waals surface area contributed by atoms with E-state index in [2.05, 4.69) is 20.3 Å². The number of hydrogen-bond acceptors (Lipinski definition) is 3. The Balaban J connectivity index is 1.90. The minimum atomic E-state index is -0.119. The number of hydrogen-bond donors (Lipinski definition) is 3. The SMILES string of the molecule is O=c1[nH]cnc2c(NC3CCCCC3)c[nH]c12. The first-order valence-electron chi connectivity index (χ1n) is 6.16. The van der Waals surface area contributed by atoms with Crippen molar-refractivity contribution >= 4 is 16.7 Å². The highest BCUT2D eigenvalue weighted by Crippen LogP contribution is 2.24. The quantitative estimate of drug-likeness (QED) is 0.741. The summed E-state index contributed by atoms with van der Waals surface area (Å²) in [7, 11) is 0. The van der Waals surface area contributed by atoms with Crippen molar-refractivity contribution in [2.75, 3.05) is 5.32 Å². The third-order valence-electron chi connectivity index (χ3n) is 3.43. The number of rotatable bonds is 2. The highest BCUT2D eigenvalue weighted by atomic mass is 16.1. The lowest BCUT2D eigenvalue weighted by molar-refractivity contribution is 0.463. The topological polar surface area (TPSA) is 73.6 Å². The fourth-order valence-electron chi connectivity index (χ4n) is 2.53. The van der Waals surface area contributed by atoms with Crippen LogP contribution in [0.3, 0.4) is 0 Å².